The number of carboxylic acids is 1. The second kappa shape index (κ2) is 5.81. The number of carbonyl (C=O) groups is 2. The third kappa shape index (κ3) is 3.79. The minimum absolute atomic E-state index is 0.354. The molecule has 0 saturated carbocycles. The molecule has 1 saturated heterocycles. The Labute approximate surface area is 94.6 Å². The third-order valence-corrected chi connectivity index (χ3v) is 2.53. The second-order valence-corrected chi connectivity index (χ2v) is 4.06. The summed E-state index contributed by atoms with van der Waals surface area (Å²) in [5.41, 5.74) is 0. The lowest BCUT2D eigenvalue weighted by Gasteiger charge is -2.34. The van der Waals surface area contributed by atoms with Gasteiger partial charge in [0.2, 0.25) is 0 Å². The van der Waals surface area contributed by atoms with Crippen LogP contribution in [-0.2, 0) is 14.3 Å². The predicted molar refractivity (Wildman–Crippen MR) is 57.1 cm³/mol. The average molecular weight is 230 g/mol. The van der Waals surface area contributed by atoms with Crippen LogP contribution in [0.5, 0.6) is 0 Å². The molecule has 16 heavy (non-hydrogen) atoms. The molecule has 1 aliphatic heterocycles. The molecular weight excluding hydrogens is 212 g/mol. The molecule has 0 spiro atoms. The van der Waals surface area contributed by atoms with Gasteiger partial charge in [0.25, 0.3) is 5.91 Å². The summed E-state index contributed by atoms with van der Waals surface area (Å²) in [7, 11) is 0. The van der Waals surface area contributed by atoms with Gasteiger partial charge in [-0.1, -0.05) is 0 Å². The summed E-state index contributed by atoms with van der Waals surface area (Å²) in [6, 6.07) is 0.360. The van der Waals surface area contributed by atoms with Crippen LogP contribution in [0, 0.1) is 0 Å². The van der Waals surface area contributed by atoms with Gasteiger partial charge in [-0.25, -0.2) is 0 Å². The smallest absolute Gasteiger partial charge is 0.322 e. The van der Waals surface area contributed by atoms with E-state index in [9.17, 15) is 9.59 Å². The fraction of sp³-hybridized carbons (Fsp3) is 0.800. The van der Waals surface area contributed by atoms with E-state index in [4.69, 9.17) is 9.84 Å². The van der Waals surface area contributed by atoms with Crippen molar-refractivity contribution < 1.29 is 19.4 Å². The molecule has 0 bridgehead atoms. The molecule has 1 aliphatic rings. The summed E-state index contributed by atoms with van der Waals surface area (Å²) in [6.45, 7) is 5.57. The summed E-state index contributed by atoms with van der Waals surface area (Å²) in [6.07, 6.45) is -0.560. The molecule has 0 aromatic carbocycles. The zero-order valence-corrected chi connectivity index (χ0v) is 9.60. The number of aliphatic carboxylic acids is 1. The highest BCUT2D eigenvalue weighted by molar-refractivity contribution is 5.84. The van der Waals surface area contributed by atoms with Crippen molar-refractivity contribution in [1.82, 2.24) is 10.2 Å². The highest BCUT2D eigenvalue weighted by Gasteiger charge is 2.27. The summed E-state index contributed by atoms with van der Waals surface area (Å²) >= 11 is 0. The third-order valence-electron chi connectivity index (χ3n) is 2.53. The van der Waals surface area contributed by atoms with Crippen LogP contribution in [0.25, 0.3) is 0 Å². The van der Waals surface area contributed by atoms with Crippen LogP contribution in [0.15, 0.2) is 0 Å². The maximum Gasteiger partial charge on any atom is 0.322 e. The standard InChI is InChI=1S/C10H18N2O4/c1-7(2)12-3-4-16-8(6-12)10(15)11-5-9(13)14/h7-8H,3-6H2,1-2H3,(H,11,15)(H,13,14)/t8-/m0/s1. The molecule has 1 heterocycles. The van der Waals surface area contributed by atoms with Crippen molar-refractivity contribution in [2.45, 2.75) is 26.0 Å². The second-order valence-electron chi connectivity index (χ2n) is 4.06. The number of hydrogen-bond donors (Lipinski definition) is 2. The Morgan fingerprint density at radius 2 is 2.25 bits per heavy atom. The largest absolute Gasteiger partial charge is 0.480 e. The Hall–Kier alpha value is -1.14. The first-order valence-electron chi connectivity index (χ1n) is 5.36. The van der Waals surface area contributed by atoms with Crippen molar-refractivity contribution in [3.05, 3.63) is 0 Å². The Morgan fingerprint density at radius 1 is 1.56 bits per heavy atom. The Bertz CT molecular complexity index is 268. The number of nitrogens with one attached hydrogen (secondary N) is 1. The van der Waals surface area contributed by atoms with Gasteiger partial charge in [-0.15, -0.1) is 0 Å². The number of carbonyl (C=O) groups excluding carboxylic acids is 1. The Morgan fingerprint density at radius 3 is 2.81 bits per heavy atom. The molecule has 0 aromatic heterocycles. The van der Waals surface area contributed by atoms with E-state index in [1.807, 2.05) is 0 Å². The molecule has 0 aromatic rings. The first kappa shape index (κ1) is 12.9. The van der Waals surface area contributed by atoms with E-state index in [1.165, 1.54) is 0 Å². The quantitative estimate of drug-likeness (QED) is 0.667. The maximum absolute atomic E-state index is 11.5. The van der Waals surface area contributed by atoms with Crippen LogP contribution >= 0.6 is 0 Å². The first-order chi connectivity index (χ1) is 7.50. The van der Waals surface area contributed by atoms with Gasteiger partial charge in [-0.05, 0) is 13.8 Å². The van der Waals surface area contributed by atoms with E-state index in [1.54, 1.807) is 0 Å². The monoisotopic (exact) mass is 230 g/mol. The number of nitrogens with zero attached hydrogens (tertiary/aromatic N) is 1. The van der Waals surface area contributed by atoms with Crippen LogP contribution in [-0.4, -0.2) is 60.3 Å². The number of hydrogen-bond acceptors (Lipinski definition) is 4. The van der Waals surface area contributed by atoms with Gasteiger partial charge in [0.15, 0.2) is 0 Å². The number of amides is 1. The van der Waals surface area contributed by atoms with E-state index in [-0.39, 0.29) is 12.5 Å². The summed E-state index contributed by atoms with van der Waals surface area (Å²) in [4.78, 5) is 24.0. The molecule has 1 rings (SSSR count). The minimum Gasteiger partial charge on any atom is -0.480 e. The molecule has 1 amide bonds. The normalized spacial score (nSPS) is 22.1. The van der Waals surface area contributed by atoms with Crippen LogP contribution in [0.1, 0.15) is 13.8 Å². The van der Waals surface area contributed by atoms with Crippen molar-refractivity contribution >= 4 is 11.9 Å². The lowest BCUT2D eigenvalue weighted by Crippen LogP contribution is -2.52. The van der Waals surface area contributed by atoms with Gasteiger partial charge in [0.05, 0.1) is 6.61 Å². The summed E-state index contributed by atoms with van der Waals surface area (Å²) < 4.78 is 5.31. The molecule has 2 N–H and O–H groups in total. The fourth-order valence-electron chi connectivity index (χ4n) is 1.57. The fourth-order valence-corrected chi connectivity index (χ4v) is 1.57. The number of carboxylic acid groups (broad SMARTS) is 1. The van der Waals surface area contributed by atoms with Gasteiger partial charge in [0.1, 0.15) is 12.6 Å². The van der Waals surface area contributed by atoms with Crippen molar-refractivity contribution in [2.75, 3.05) is 26.2 Å². The molecule has 0 radical (unpaired) electrons. The molecule has 0 aliphatic carbocycles. The van der Waals surface area contributed by atoms with Crippen LogP contribution in [0.4, 0.5) is 0 Å². The van der Waals surface area contributed by atoms with Gasteiger partial charge in [0, 0.05) is 19.1 Å². The zero-order chi connectivity index (χ0) is 12.1. The maximum atomic E-state index is 11.5. The molecule has 92 valence electrons. The van der Waals surface area contributed by atoms with Crippen molar-refractivity contribution in [2.24, 2.45) is 0 Å². The van der Waals surface area contributed by atoms with E-state index < -0.39 is 12.1 Å². The average Bonchev–Trinajstić information content (AvgIpc) is 2.26. The first-order valence-corrected chi connectivity index (χ1v) is 5.36. The van der Waals surface area contributed by atoms with Crippen molar-refractivity contribution in [3.63, 3.8) is 0 Å². The Balaban J connectivity index is 2.40. The van der Waals surface area contributed by atoms with Gasteiger partial charge in [-0.2, -0.15) is 0 Å². The van der Waals surface area contributed by atoms with Crippen molar-refractivity contribution in [1.29, 1.82) is 0 Å². The number of ether oxygens (including phenoxy) is 1. The molecule has 1 fully saturated rings. The van der Waals surface area contributed by atoms with E-state index >= 15 is 0 Å². The SMILES string of the molecule is CC(C)N1CCO[C@H](C(=O)NCC(=O)O)C1. The van der Waals surface area contributed by atoms with Gasteiger partial charge < -0.3 is 15.2 Å². The lowest BCUT2D eigenvalue weighted by molar-refractivity contribution is -0.144. The summed E-state index contributed by atoms with van der Waals surface area (Å²) in [5, 5.41) is 10.8. The topological polar surface area (TPSA) is 78.9 Å². The number of rotatable bonds is 4. The molecule has 0 unspecified atom stereocenters. The van der Waals surface area contributed by atoms with E-state index in [2.05, 4.69) is 24.1 Å². The Kier molecular flexibility index (Phi) is 4.70. The van der Waals surface area contributed by atoms with Gasteiger partial charge in [-0.3, -0.25) is 14.5 Å². The summed E-state index contributed by atoms with van der Waals surface area (Å²) in [5.74, 6) is -1.40. The van der Waals surface area contributed by atoms with E-state index in [0.717, 1.165) is 6.54 Å². The van der Waals surface area contributed by atoms with Crippen LogP contribution < -0.4 is 5.32 Å². The van der Waals surface area contributed by atoms with Crippen molar-refractivity contribution in [3.8, 4) is 0 Å². The van der Waals surface area contributed by atoms with Crippen LogP contribution in [0.3, 0.4) is 0 Å². The highest BCUT2D eigenvalue weighted by Crippen LogP contribution is 2.08. The molecule has 1 atom stereocenters. The van der Waals surface area contributed by atoms with E-state index in [0.29, 0.717) is 19.2 Å². The minimum atomic E-state index is -1.05. The highest BCUT2D eigenvalue weighted by atomic mass is 16.5. The predicted octanol–water partition coefficient (Wildman–Crippen LogP) is -0.704. The van der Waals surface area contributed by atoms with Gasteiger partial charge >= 0.3 is 5.97 Å². The molecular formula is C10H18N2O4. The van der Waals surface area contributed by atoms with Crippen LogP contribution in [0.2, 0.25) is 0 Å². The molecule has 6 heteroatoms. The zero-order valence-electron chi connectivity index (χ0n) is 9.60. The lowest BCUT2D eigenvalue weighted by atomic mass is 10.2. The molecule has 6 nitrogen and oxygen atoms in total. The number of morpholine rings is 1.